The number of rotatable bonds is 7. The normalized spacial score (nSPS) is 19.9. The Kier molecular flexibility index (Phi) is 7.86. The Morgan fingerprint density at radius 2 is 2.00 bits per heavy atom. The minimum Gasteiger partial charge on any atom is -0.449 e. The summed E-state index contributed by atoms with van der Waals surface area (Å²) in [6.45, 7) is 5.85. The summed E-state index contributed by atoms with van der Waals surface area (Å²) in [4.78, 5) is 14.0. The minimum atomic E-state index is -0.0790. The van der Waals surface area contributed by atoms with Crippen LogP contribution >= 0.6 is 0 Å². The van der Waals surface area contributed by atoms with Crippen LogP contribution in [0.25, 0.3) is 0 Å². The van der Waals surface area contributed by atoms with Crippen LogP contribution < -0.4 is 0 Å². The highest BCUT2D eigenvalue weighted by atomic mass is 16.6. The number of ether oxygens (including phenoxy) is 1. The molecule has 1 amide bonds. The Hall–Kier alpha value is -0.730. The summed E-state index contributed by atoms with van der Waals surface area (Å²) in [7, 11) is 0. The van der Waals surface area contributed by atoms with Gasteiger partial charge in [-0.3, -0.25) is 0 Å². The third-order valence-corrected chi connectivity index (χ3v) is 3.71. The highest BCUT2D eigenvalue weighted by Crippen LogP contribution is 2.21. The lowest BCUT2D eigenvalue weighted by atomic mass is 9.99. The van der Waals surface area contributed by atoms with Gasteiger partial charge in [-0.15, -0.1) is 0 Å². The molecule has 1 atom stereocenters. The van der Waals surface area contributed by atoms with Crippen molar-refractivity contribution in [2.24, 2.45) is 0 Å². The van der Waals surface area contributed by atoms with Crippen LogP contribution in [0, 0.1) is 0 Å². The van der Waals surface area contributed by atoms with Crippen molar-refractivity contribution >= 4 is 6.09 Å². The number of hydrogen-bond acceptors (Lipinski definition) is 2. The van der Waals surface area contributed by atoms with Crippen molar-refractivity contribution in [3.63, 3.8) is 0 Å². The van der Waals surface area contributed by atoms with Crippen LogP contribution in [0.15, 0.2) is 0 Å². The molecular formula is C15H29NO2. The van der Waals surface area contributed by atoms with Gasteiger partial charge in [0.1, 0.15) is 0 Å². The minimum absolute atomic E-state index is 0.0790. The van der Waals surface area contributed by atoms with E-state index in [0.717, 1.165) is 38.6 Å². The fourth-order valence-electron chi connectivity index (χ4n) is 2.65. The molecule has 0 aromatic rings. The van der Waals surface area contributed by atoms with E-state index in [1.54, 1.807) is 0 Å². The van der Waals surface area contributed by atoms with Crippen molar-refractivity contribution in [1.82, 2.24) is 4.90 Å². The first-order valence-electron chi connectivity index (χ1n) is 7.73. The zero-order chi connectivity index (χ0) is 13.2. The lowest BCUT2D eigenvalue weighted by Crippen LogP contribution is -2.44. The topological polar surface area (TPSA) is 29.5 Å². The Labute approximate surface area is 112 Å². The maximum atomic E-state index is 12.0. The average Bonchev–Trinajstić information content (AvgIpc) is 2.39. The van der Waals surface area contributed by atoms with Gasteiger partial charge in [0.05, 0.1) is 6.61 Å². The molecule has 0 aromatic carbocycles. The maximum absolute atomic E-state index is 12.0. The van der Waals surface area contributed by atoms with Crippen molar-refractivity contribution in [2.45, 2.75) is 77.7 Å². The monoisotopic (exact) mass is 255 g/mol. The van der Waals surface area contributed by atoms with Crippen LogP contribution in [0.5, 0.6) is 0 Å². The van der Waals surface area contributed by atoms with Gasteiger partial charge in [0.15, 0.2) is 0 Å². The molecule has 1 aliphatic rings. The number of hydrogen-bond donors (Lipinski definition) is 0. The van der Waals surface area contributed by atoms with Gasteiger partial charge in [0, 0.05) is 12.6 Å². The van der Waals surface area contributed by atoms with Gasteiger partial charge < -0.3 is 9.64 Å². The van der Waals surface area contributed by atoms with Crippen LogP contribution in [-0.4, -0.2) is 30.2 Å². The van der Waals surface area contributed by atoms with E-state index in [-0.39, 0.29) is 6.09 Å². The zero-order valence-electron chi connectivity index (χ0n) is 12.1. The van der Waals surface area contributed by atoms with Gasteiger partial charge >= 0.3 is 6.09 Å². The molecule has 106 valence electrons. The van der Waals surface area contributed by atoms with Crippen LogP contribution in [0.4, 0.5) is 4.79 Å². The first-order valence-corrected chi connectivity index (χ1v) is 7.73. The number of amides is 1. The largest absolute Gasteiger partial charge is 0.449 e. The summed E-state index contributed by atoms with van der Waals surface area (Å²) < 4.78 is 5.39. The maximum Gasteiger partial charge on any atom is 0.410 e. The number of carbonyl (C=O) groups excluding carboxylic acids is 1. The van der Waals surface area contributed by atoms with E-state index in [0.29, 0.717) is 12.6 Å². The van der Waals surface area contributed by atoms with Gasteiger partial charge in [-0.1, -0.05) is 39.5 Å². The van der Waals surface area contributed by atoms with Crippen LogP contribution in [-0.2, 0) is 4.74 Å². The second-order valence-electron chi connectivity index (χ2n) is 5.31. The number of carbonyl (C=O) groups is 1. The number of unbranched alkanes of at least 4 members (excludes halogenated alkanes) is 3. The standard InChI is InChI=1S/C15H29NO2/c1-3-5-6-9-13-18-15(17)16-12-8-7-11-14(16)10-4-2/h14H,3-13H2,1-2H3. The molecule has 18 heavy (non-hydrogen) atoms. The van der Waals surface area contributed by atoms with Crippen molar-refractivity contribution in [1.29, 1.82) is 0 Å². The fourth-order valence-corrected chi connectivity index (χ4v) is 2.65. The van der Waals surface area contributed by atoms with E-state index < -0.39 is 0 Å². The highest BCUT2D eigenvalue weighted by molar-refractivity contribution is 5.68. The molecule has 1 saturated heterocycles. The molecule has 0 bridgehead atoms. The van der Waals surface area contributed by atoms with E-state index in [2.05, 4.69) is 13.8 Å². The van der Waals surface area contributed by atoms with Crippen molar-refractivity contribution < 1.29 is 9.53 Å². The Balaban J connectivity index is 2.25. The predicted octanol–water partition coefficient (Wildman–Crippen LogP) is 4.36. The van der Waals surface area contributed by atoms with Crippen molar-refractivity contribution in [2.75, 3.05) is 13.2 Å². The third kappa shape index (κ3) is 5.28. The lowest BCUT2D eigenvalue weighted by molar-refractivity contribution is 0.0696. The Bertz CT molecular complexity index is 229. The summed E-state index contributed by atoms with van der Waals surface area (Å²) in [5.74, 6) is 0. The molecule has 0 aromatic heterocycles. The van der Waals surface area contributed by atoms with E-state index in [1.165, 1.54) is 25.7 Å². The molecule has 0 radical (unpaired) electrons. The van der Waals surface area contributed by atoms with E-state index in [4.69, 9.17) is 4.74 Å². The van der Waals surface area contributed by atoms with Crippen LogP contribution in [0.1, 0.15) is 71.6 Å². The molecule has 3 heteroatoms. The van der Waals surface area contributed by atoms with Gasteiger partial charge in [0.25, 0.3) is 0 Å². The third-order valence-electron chi connectivity index (χ3n) is 3.71. The van der Waals surface area contributed by atoms with Crippen molar-refractivity contribution in [3.8, 4) is 0 Å². The Morgan fingerprint density at radius 3 is 2.72 bits per heavy atom. The number of nitrogens with zero attached hydrogens (tertiary/aromatic N) is 1. The fraction of sp³-hybridized carbons (Fsp3) is 0.933. The van der Waals surface area contributed by atoms with Crippen molar-refractivity contribution in [3.05, 3.63) is 0 Å². The van der Waals surface area contributed by atoms with Crippen LogP contribution in [0.2, 0.25) is 0 Å². The molecule has 1 rings (SSSR count). The SMILES string of the molecule is CCCCCCOC(=O)N1CCCCC1CCC. The summed E-state index contributed by atoms with van der Waals surface area (Å²) in [5, 5.41) is 0. The first kappa shape index (κ1) is 15.3. The van der Waals surface area contributed by atoms with Gasteiger partial charge in [-0.25, -0.2) is 4.79 Å². The quantitative estimate of drug-likeness (QED) is 0.633. The van der Waals surface area contributed by atoms with Crippen LogP contribution in [0.3, 0.4) is 0 Å². The van der Waals surface area contributed by atoms with Gasteiger partial charge in [-0.05, 0) is 32.1 Å². The first-order chi connectivity index (χ1) is 8.79. The number of piperidine rings is 1. The summed E-state index contributed by atoms with van der Waals surface area (Å²) in [6, 6.07) is 0.423. The molecule has 0 aliphatic carbocycles. The van der Waals surface area contributed by atoms with E-state index >= 15 is 0 Å². The predicted molar refractivity (Wildman–Crippen MR) is 74.7 cm³/mol. The highest BCUT2D eigenvalue weighted by Gasteiger charge is 2.26. The van der Waals surface area contributed by atoms with Gasteiger partial charge in [0.2, 0.25) is 0 Å². The summed E-state index contributed by atoms with van der Waals surface area (Å²) in [5.41, 5.74) is 0. The molecule has 0 saturated carbocycles. The summed E-state index contributed by atoms with van der Waals surface area (Å²) >= 11 is 0. The second kappa shape index (κ2) is 9.23. The van der Waals surface area contributed by atoms with E-state index in [9.17, 15) is 4.79 Å². The van der Waals surface area contributed by atoms with Gasteiger partial charge in [-0.2, -0.15) is 0 Å². The molecule has 1 fully saturated rings. The molecule has 0 N–H and O–H groups in total. The second-order valence-corrected chi connectivity index (χ2v) is 5.31. The summed E-state index contributed by atoms with van der Waals surface area (Å²) in [6.07, 6.45) is 10.3. The zero-order valence-corrected chi connectivity index (χ0v) is 12.1. The molecule has 3 nitrogen and oxygen atoms in total. The molecule has 1 aliphatic heterocycles. The smallest absolute Gasteiger partial charge is 0.410 e. The molecular weight excluding hydrogens is 226 g/mol. The molecule has 1 unspecified atom stereocenters. The Morgan fingerprint density at radius 1 is 1.17 bits per heavy atom. The molecule has 1 heterocycles. The average molecular weight is 255 g/mol. The molecule has 0 spiro atoms. The lowest BCUT2D eigenvalue weighted by Gasteiger charge is -2.34. The number of likely N-dealkylation sites (tertiary alicyclic amines) is 1. The van der Waals surface area contributed by atoms with E-state index in [1.807, 2.05) is 4.90 Å².